The Kier molecular flexibility index (Phi) is 10.6. The number of halogens is 2. The number of likely N-dealkylation sites (tertiary alicyclic amines) is 1. The Morgan fingerprint density at radius 2 is 1.88 bits per heavy atom. The first-order chi connectivity index (χ1) is 28.0. The number of nitrogen functional groups attached to an aromatic ring is 1. The van der Waals surface area contributed by atoms with Crippen molar-refractivity contribution in [3.05, 3.63) is 81.9 Å². The molecule has 0 radical (unpaired) electrons. The zero-order valence-electron chi connectivity index (χ0n) is 32.4. The molecule has 2 saturated heterocycles. The molecule has 1 spiro atoms. The van der Waals surface area contributed by atoms with Crippen molar-refractivity contribution in [1.82, 2.24) is 29.5 Å². The lowest BCUT2D eigenvalue weighted by molar-refractivity contribution is -0.107. The van der Waals surface area contributed by atoms with Crippen LogP contribution in [0, 0.1) is 23.0 Å². The van der Waals surface area contributed by atoms with Gasteiger partial charge in [0.1, 0.15) is 29.5 Å². The molecule has 14 nitrogen and oxygen atoms in total. The van der Waals surface area contributed by atoms with Crippen molar-refractivity contribution in [3.63, 3.8) is 0 Å². The molecular formula is C42H45F2N9O5. The van der Waals surface area contributed by atoms with Crippen LogP contribution in [0.2, 0.25) is 0 Å². The van der Waals surface area contributed by atoms with Crippen LogP contribution < -0.4 is 26.2 Å². The fourth-order valence-electron chi connectivity index (χ4n) is 9.15. The van der Waals surface area contributed by atoms with Gasteiger partial charge in [-0.3, -0.25) is 18.9 Å². The number of hydrogen-bond acceptors (Lipinski definition) is 10. The van der Waals surface area contributed by atoms with Gasteiger partial charge >= 0.3 is 6.03 Å². The van der Waals surface area contributed by atoms with E-state index in [2.05, 4.69) is 20.3 Å². The molecule has 3 aromatic carbocycles. The van der Waals surface area contributed by atoms with Crippen LogP contribution >= 0.6 is 0 Å². The summed E-state index contributed by atoms with van der Waals surface area (Å²) in [7, 11) is 3.28. The number of fused-ring (bicyclic) bond motifs is 2. The molecule has 2 aliphatic heterocycles. The second-order valence-corrected chi connectivity index (χ2v) is 15.6. The molecule has 4 heterocycles. The fourth-order valence-corrected chi connectivity index (χ4v) is 9.15. The maximum Gasteiger partial charge on any atom is 0.322 e. The molecule has 3 N–H and O–H groups in total. The highest BCUT2D eigenvalue weighted by Gasteiger charge is 2.45. The summed E-state index contributed by atoms with van der Waals surface area (Å²) in [4.78, 5) is 45.9. The number of carbonyl (C=O) groups excluding carboxylic acids is 2. The molecule has 58 heavy (non-hydrogen) atoms. The van der Waals surface area contributed by atoms with E-state index in [1.165, 1.54) is 30.1 Å². The van der Waals surface area contributed by atoms with Crippen LogP contribution in [0.25, 0.3) is 21.8 Å². The number of aldehydes is 1. The van der Waals surface area contributed by atoms with E-state index >= 15 is 4.39 Å². The highest BCUT2D eigenvalue weighted by atomic mass is 19.1. The van der Waals surface area contributed by atoms with Crippen molar-refractivity contribution in [2.45, 2.75) is 75.0 Å². The van der Waals surface area contributed by atoms with Gasteiger partial charge in [-0.15, -0.1) is 0 Å². The average Bonchev–Trinajstić information content (AvgIpc) is 3.79. The third-order valence-corrected chi connectivity index (χ3v) is 12.3. The number of nitrogens with two attached hydrogens (primary N) is 1. The highest BCUT2D eigenvalue weighted by Crippen LogP contribution is 2.44. The van der Waals surface area contributed by atoms with Gasteiger partial charge in [-0.1, -0.05) is 0 Å². The molecule has 2 amide bonds. The molecule has 302 valence electrons. The Labute approximate surface area is 333 Å². The predicted molar refractivity (Wildman–Crippen MR) is 213 cm³/mol. The molecule has 0 bridgehead atoms. The van der Waals surface area contributed by atoms with Gasteiger partial charge in [-0.2, -0.15) is 10.4 Å². The number of amides is 2. The van der Waals surface area contributed by atoms with E-state index < -0.39 is 11.8 Å². The Morgan fingerprint density at radius 3 is 2.60 bits per heavy atom. The number of urea groups is 1. The lowest BCUT2D eigenvalue weighted by atomic mass is 9.79. The minimum atomic E-state index is -0.742. The quantitative estimate of drug-likeness (QED) is 0.132. The number of piperidine rings is 1. The molecule has 1 saturated carbocycles. The van der Waals surface area contributed by atoms with Crippen molar-refractivity contribution < 1.29 is 27.8 Å². The molecule has 3 aliphatic rings. The van der Waals surface area contributed by atoms with E-state index in [-0.39, 0.29) is 64.7 Å². The van der Waals surface area contributed by atoms with Gasteiger partial charge in [0.05, 0.1) is 46.7 Å². The minimum Gasteiger partial charge on any atom is -0.453 e. The number of ether oxygens (including phenoxy) is 2. The number of nitriles is 1. The molecule has 3 fully saturated rings. The Hall–Kier alpha value is -5.92. The third kappa shape index (κ3) is 7.13. The van der Waals surface area contributed by atoms with E-state index in [1.807, 2.05) is 12.1 Å². The second kappa shape index (κ2) is 15.8. The molecule has 1 aliphatic carbocycles. The standard InChI is InChI=1S/C42H45F2N9O5/c1-47-41(56)52(14-3-17-54)39-31-19-34(44)29(20-37(31)50(2)49-39)25-4-6-26(7-5-25)51-15-12-42(13-16-51)21-27(23-57-42)53-24-48-36-11-8-28(18-30(36)40(53)55)58-38-32(22-45)35(46)10-9-33(38)43/h8-11,17-20,24-27H,3-7,12-16,21,23,46H2,1-2H3,(H,47,56). The van der Waals surface area contributed by atoms with Crippen LogP contribution in [-0.2, 0) is 16.6 Å². The van der Waals surface area contributed by atoms with Crippen molar-refractivity contribution >= 4 is 45.6 Å². The third-order valence-electron chi connectivity index (χ3n) is 12.3. The molecule has 16 heteroatoms. The second-order valence-electron chi connectivity index (χ2n) is 15.6. The van der Waals surface area contributed by atoms with Gasteiger partial charge in [0.25, 0.3) is 5.56 Å². The van der Waals surface area contributed by atoms with Gasteiger partial charge < -0.3 is 30.2 Å². The molecule has 1 atom stereocenters. The zero-order chi connectivity index (χ0) is 40.7. The highest BCUT2D eigenvalue weighted by molar-refractivity contribution is 6.01. The minimum absolute atomic E-state index is 0.0593. The maximum absolute atomic E-state index is 15.8. The molecule has 8 rings (SSSR count). The molecule has 5 aromatic rings. The van der Waals surface area contributed by atoms with E-state index in [4.69, 9.17) is 15.2 Å². The lowest BCUT2D eigenvalue weighted by Crippen LogP contribution is -2.49. The van der Waals surface area contributed by atoms with E-state index in [9.17, 15) is 24.0 Å². The summed E-state index contributed by atoms with van der Waals surface area (Å²) < 4.78 is 46.0. The van der Waals surface area contributed by atoms with Gasteiger partial charge in [0, 0.05) is 51.6 Å². The summed E-state index contributed by atoms with van der Waals surface area (Å²) in [6.45, 7) is 2.24. The van der Waals surface area contributed by atoms with Crippen molar-refractivity contribution in [2.24, 2.45) is 7.05 Å². The largest absolute Gasteiger partial charge is 0.453 e. The number of nitrogens with one attached hydrogen (secondary N) is 1. The topological polar surface area (TPSA) is 174 Å². The monoisotopic (exact) mass is 793 g/mol. The lowest BCUT2D eigenvalue weighted by Gasteiger charge is -2.44. The van der Waals surface area contributed by atoms with Gasteiger partial charge in [-0.25, -0.2) is 18.6 Å². The summed E-state index contributed by atoms with van der Waals surface area (Å²) in [6.07, 6.45) is 8.34. The molecule has 1 unspecified atom stereocenters. The summed E-state index contributed by atoms with van der Waals surface area (Å²) >= 11 is 0. The number of hydrogen-bond donors (Lipinski definition) is 2. The summed E-state index contributed by atoms with van der Waals surface area (Å²) in [5.41, 5.74) is 7.06. The molecular weight excluding hydrogens is 749 g/mol. The van der Waals surface area contributed by atoms with Crippen LogP contribution in [0.5, 0.6) is 11.5 Å². The van der Waals surface area contributed by atoms with Crippen molar-refractivity contribution in [2.75, 3.05) is 43.9 Å². The summed E-state index contributed by atoms with van der Waals surface area (Å²) in [6, 6.07) is 12.1. The maximum atomic E-state index is 15.8. The first-order valence-corrected chi connectivity index (χ1v) is 19.7. The fraction of sp³-hybridized carbons (Fsp3) is 0.429. The van der Waals surface area contributed by atoms with E-state index in [0.29, 0.717) is 46.7 Å². The van der Waals surface area contributed by atoms with Crippen molar-refractivity contribution in [3.8, 4) is 17.6 Å². The van der Waals surface area contributed by atoms with E-state index in [1.54, 1.807) is 34.8 Å². The smallest absolute Gasteiger partial charge is 0.322 e. The predicted octanol–water partition coefficient (Wildman–Crippen LogP) is 6.06. The normalized spacial score (nSPS) is 20.6. The van der Waals surface area contributed by atoms with Crippen LogP contribution in [-0.4, -0.2) is 81.5 Å². The number of aromatic nitrogens is 4. The van der Waals surface area contributed by atoms with Crippen LogP contribution in [0.4, 0.5) is 25.1 Å². The number of carbonyl (C=O) groups is 2. The number of anilines is 2. The number of aryl methyl sites for hydroxylation is 1. The number of nitrogens with zero attached hydrogens (tertiary/aromatic N) is 7. The van der Waals surface area contributed by atoms with E-state index in [0.717, 1.165) is 69.5 Å². The Morgan fingerprint density at radius 1 is 1.10 bits per heavy atom. The Balaban J connectivity index is 0.899. The van der Waals surface area contributed by atoms with Crippen molar-refractivity contribution in [1.29, 1.82) is 5.26 Å². The van der Waals surface area contributed by atoms with Crippen LogP contribution in [0.1, 0.15) is 74.5 Å². The van der Waals surface area contributed by atoms with Crippen LogP contribution in [0.15, 0.2) is 53.6 Å². The first-order valence-electron chi connectivity index (χ1n) is 19.7. The Bertz CT molecular complexity index is 2500. The molecule has 2 aromatic heterocycles. The SMILES string of the molecule is CNC(=O)N(CCC=O)c1nn(C)c2cc(C3CCC(N4CCC5(CC4)CC(n4cnc6ccc(Oc7c(F)ccc(N)c7C#N)cc6c4=O)CO5)CC3)c(F)cc12. The number of rotatable bonds is 9. The average molecular weight is 794 g/mol. The van der Waals surface area contributed by atoms with Gasteiger partial charge in [0.2, 0.25) is 0 Å². The van der Waals surface area contributed by atoms with Gasteiger partial charge in [-0.05, 0) is 98.9 Å². The summed E-state index contributed by atoms with van der Waals surface area (Å²) in [5.74, 6) is -0.804. The summed E-state index contributed by atoms with van der Waals surface area (Å²) in [5, 5.41) is 17.5. The van der Waals surface area contributed by atoms with Crippen LogP contribution in [0.3, 0.4) is 0 Å². The number of benzene rings is 3. The first kappa shape index (κ1) is 38.9. The van der Waals surface area contributed by atoms with Gasteiger partial charge in [0.15, 0.2) is 17.4 Å². The zero-order valence-corrected chi connectivity index (χ0v) is 32.4.